The van der Waals surface area contributed by atoms with Gasteiger partial charge >= 0.3 is 5.97 Å². The van der Waals surface area contributed by atoms with Gasteiger partial charge in [0.25, 0.3) is 0 Å². The van der Waals surface area contributed by atoms with Gasteiger partial charge in [-0.2, -0.15) is 0 Å². The van der Waals surface area contributed by atoms with Gasteiger partial charge in [0.1, 0.15) is 22.6 Å². The van der Waals surface area contributed by atoms with Gasteiger partial charge in [-0.15, -0.1) is 11.3 Å². The summed E-state index contributed by atoms with van der Waals surface area (Å²) < 4.78 is 4.70. The first kappa shape index (κ1) is 13.5. The van der Waals surface area contributed by atoms with Crippen molar-refractivity contribution in [2.75, 3.05) is 30.9 Å². The summed E-state index contributed by atoms with van der Waals surface area (Å²) in [6, 6.07) is 3.51. The maximum atomic E-state index is 11.5. The van der Waals surface area contributed by atoms with E-state index in [1.165, 1.54) is 24.8 Å². The van der Waals surface area contributed by atoms with Gasteiger partial charge in [-0.3, -0.25) is 4.79 Å². The van der Waals surface area contributed by atoms with E-state index in [0.717, 1.165) is 10.6 Å². The third kappa shape index (κ3) is 2.33. The van der Waals surface area contributed by atoms with E-state index in [2.05, 4.69) is 15.3 Å². The molecule has 0 saturated carbocycles. The average Bonchev–Trinajstić information content (AvgIpc) is 2.95. The molecule has 0 spiro atoms. The number of esters is 1. The van der Waals surface area contributed by atoms with E-state index < -0.39 is 0 Å². The van der Waals surface area contributed by atoms with Crippen LogP contribution in [0.4, 0.5) is 11.5 Å². The fourth-order valence-electron chi connectivity index (χ4n) is 2.15. The highest BCUT2D eigenvalue weighted by atomic mass is 32.1. The number of ether oxygens (including phenoxy) is 1. The molecule has 21 heavy (non-hydrogen) atoms. The molecule has 0 fully saturated rings. The maximum Gasteiger partial charge on any atom is 0.348 e. The number of likely N-dealkylation sites (N-methyl/N-ethyl adjacent to an activating group) is 1. The van der Waals surface area contributed by atoms with E-state index in [9.17, 15) is 9.59 Å². The Morgan fingerprint density at radius 1 is 1.43 bits per heavy atom. The molecular weight excluding hydrogens is 292 g/mol. The fourth-order valence-corrected chi connectivity index (χ4v) is 3.08. The first-order valence-corrected chi connectivity index (χ1v) is 6.96. The topological polar surface area (TPSA) is 84.4 Å². The average molecular weight is 304 g/mol. The van der Waals surface area contributed by atoms with Crippen molar-refractivity contribution < 1.29 is 14.3 Å². The highest BCUT2D eigenvalue weighted by Gasteiger charge is 2.25. The summed E-state index contributed by atoms with van der Waals surface area (Å²) >= 11 is 1.29. The normalized spacial score (nSPS) is 13.6. The molecular formula is C13H12N4O3S. The lowest BCUT2D eigenvalue weighted by atomic mass is 10.2. The van der Waals surface area contributed by atoms with Gasteiger partial charge in [0.15, 0.2) is 5.82 Å². The molecule has 1 aliphatic heterocycles. The zero-order valence-electron chi connectivity index (χ0n) is 11.4. The van der Waals surface area contributed by atoms with Crippen LogP contribution in [0.3, 0.4) is 0 Å². The van der Waals surface area contributed by atoms with Crippen molar-refractivity contribution >= 4 is 34.7 Å². The Labute approximate surface area is 124 Å². The Morgan fingerprint density at radius 3 is 3.00 bits per heavy atom. The summed E-state index contributed by atoms with van der Waals surface area (Å²) in [4.78, 5) is 34.6. The summed E-state index contributed by atoms with van der Waals surface area (Å²) in [5, 5.41) is 2.72. The number of hydrogen-bond acceptors (Lipinski definition) is 7. The van der Waals surface area contributed by atoms with Crippen molar-refractivity contribution in [3.8, 4) is 10.6 Å². The Morgan fingerprint density at radius 2 is 2.24 bits per heavy atom. The molecule has 0 aromatic carbocycles. The molecule has 1 amide bonds. The number of rotatable bonds is 2. The molecule has 2 aromatic rings. The smallest absolute Gasteiger partial charge is 0.348 e. The minimum absolute atomic E-state index is 0.115. The molecule has 0 bridgehead atoms. The van der Waals surface area contributed by atoms with E-state index in [-0.39, 0.29) is 18.4 Å². The second-order valence-electron chi connectivity index (χ2n) is 4.48. The summed E-state index contributed by atoms with van der Waals surface area (Å²) in [6.45, 7) is 0.239. The zero-order valence-corrected chi connectivity index (χ0v) is 12.2. The van der Waals surface area contributed by atoms with Crippen LogP contribution >= 0.6 is 11.3 Å². The number of nitrogens with zero attached hydrogens (tertiary/aromatic N) is 3. The molecule has 7 nitrogen and oxygen atoms in total. The molecule has 108 valence electrons. The van der Waals surface area contributed by atoms with E-state index in [4.69, 9.17) is 4.74 Å². The SMILES string of the molecule is COC(=O)c1ccc(-c2ncnc3c2N(C)CC(=O)N3)s1. The summed E-state index contributed by atoms with van der Waals surface area (Å²) in [6.07, 6.45) is 1.39. The summed E-state index contributed by atoms with van der Waals surface area (Å²) in [7, 11) is 3.15. The van der Waals surface area contributed by atoms with Gasteiger partial charge in [-0.05, 0) is 12.1 Å². The number of carbonyl (C=O) groups excluding carboxylic acids is 2. The number of nitrogens with one attached hydrogen (secondary N) is 1. The molecule has 0 atom stereocenters. The minimum atomic E-state index is -0.379. The quantitative estimate of drug-likeness (QED) is 0.844. The van der Waals surface area contributed by atoms with Crippen LogP contribution in [0.1, 0.15) is 9.67 Å². The molecule has 3 heterocycles. The number of methoxy groups -OCH3 is 1. The third-order valence-corrected chi connectivity index (χ3v) is 4.14. The van der Waals surface area contributed by atoms with Crippen LogP contribution < -0.4 is 10.2 Å². The second-order valence-corrected chi connectivity index (χ2v) is 5.56. The predicted molar refractivity (Wildman–Crippen MR) is 78.6 cm³/mol. The predicted octanol–water partition coefficient (Wildman–Crippen LogP) is 1.38. The molecule has 0 unspecified atom stereocenters. The van der Waals surface area contributed by atoms with Crippen LogP contribution in [0.15, 0.2) is 18.5 Å². The second kappa shape index (κ2) is 5.13. The van der Waals surface area contributed by atoms with Crippen LogP contribution in [0.25, 0.3) is 10.6 Å². The molecule has 0 saturated heterocycles. The van der Waals surface area contributed by atoms with Crippen molar-refractivity contribution in [2.45, 2.75) is 0 Å². The van der Waals surface area contributed by atoms with Crippen molar-refractivity contribution in [1.82, 2.24) is 9.97 Å². The van der Waals surface area contributed by atoms with Crippen LogP contribution in [0, 0.1) is 0 Å². The molecule has 1 N–H and O–H groups in total. The fraction of sp³-hybridized carbons (Fsp3) is 0.231. The standard InChI is InChI=1S/C13H12N4O3S/c1-17-5-9(18)16-12-11(17)10(14-6-15-12)7-3-4-8(21-7)13(19)20-2/h3-4,6H,5H2,1-2H3,(H,14,15,16,18). The van der Waals surface area contributed by atoms with E-state index in [1.807, 2.05) is 6.07 Å². The van der Waals surface area contributed by atoms with Gasteiger partial charge < -0.3 is 15.0 Å². The summed E-state index contributed by atoms with van der Waals surface area (Å²) in [5.41, 5.74) is 1.43. The number of fused-ring (bicyclic) bond motifs is 1. The largest absolute Gasteiger partial charge is 0.465 e. The van der Waals surface area contributed by atoms with Crippen molar-refractivity contribution in [1.29, 1.82) is 0 Å². The Kier molecular flexibility index (Phi) is 3.30. The van der Waals surface area contributed by atoms with Crippen LogP contribution in [0.2, 0.25) is 0 Å². The first-order valence-electron chi connectivity index (χ1n) is 6.14. The van der Waals surface area contributed by atoms with E-state index in [1.54, 1.807) is 18.0 Å². The van der Waals surface area contributed by atoms with Crippen LogP contribution in [-0.2, 0) is 9.53 Å². The number of hydrogen-bond donors (Lipinski definition) is 1. The molecule has 1 aliphatic rings. The number of aromatic nitrogens is 2. The number of carbonyl (C=O) groups is 2. The van der Waals surface area contributed by atoms with Crippen molar-refractivity contribution in [3.05, 3.63) is 23.3 Å². The van der Waals surface area contributed by atoms with Crippen molar-refractivity contribution in [3.63, 3.8) is 0 Å². The van der Waals surface area contributed by atoms with E-state index >= 15 is 0 Å². The molecule has 3 rings (SSSR count). The minimum Gasteiger partial charge on any atom is -0.465 e. The molecule has 2 aromatic heterocycles. The van der Waals surface area contributed by atoms with E-state index in [0.29, 0.717) is 16.4 Å². The van der Waals surface area contributed by atoms with Crippen LogP contribution in [-0.4, -0.2) is 42.5 Å². The van der Waals surface area contributed by atoms with Gasteiger partial charge in [-0.1, -0.05) is 0 Å². The van der Waals surface area contributed by atoms with Gasteiger partial charge in [0, 0.05) is 7.05 Å². The molecule has 0 aliphatic carbocycles. The number of anilines is 2. The molecule has 8 heteroatoms. The maximum absolute atomic E-state index is 11.5. The van der Waals surface area contributed by atoms with Gasteiger partial charge in [0.2, 0.25) is 5.91 Å². The Bertz CT molecular complexity index is 728. The Hall–Kier alpha value is -2.48. The lowest BCUT2D eigenvalue weighted by Crippen LogP contribution is -2.36. The zero-order chi connectivity index (χ0) is 15.0. The Balaban J connectivity index is 2.08. The summed E-state index contributed by atoms with van der Waals surface area (Å²) in [5.74, 6) is -0.0151. The monoisotopic (exact) mass is 304 g/mol. The number of amides is 1. The van der Waals surface area contributed by atoms with Crippen molar-refractivity contribution in [2.24, 2.45) is 0 Å². The molecule has 0 radical (unpaired) electrons. The van der Waals surface area contributed by atoms with Gasteiger partial charge in [-0.25, -0.2) is 14.8 Å². The lowest BCUT2D eigenvalue weighted by Gasteiger charge is -2.27. The highest BCUT2D eigenvalue weighted by molar-refractivity contribution is 7.17. The number of thiophene rings is 1. The van der Waals surface area contributed by atoms with Gasteiger partial charge in [0.05, 0.1) is 18.5 Å². The van der Waals surface area contributed by atoms with Crippen LogP contribution in [0.5, 0.6) is 0 Å². The highest BCUT2D eigenvalue weighted by Crippen LogP contribution is 2.38. The lowest BCUT2D eigenvalue weighted by molar-refractivity contribution is -0.115. The first-order chi connectivity index (χ1) is 10.1. The third-order valence-electron chi connectivity index (χ3n) is 3.07.